The number of hydrogen-bond acceptors (Lipinski definition) is 5. The smallest absolute Gasteiger partial charge is 0.305 e. The Morgan fingerprint density at radius 3 is 0.958 bits per heavy atom. The van der Waals surface area contributed by atoms with Crippen LogP contribution in [-0.2, 0) is 14.3 Å². The van der Waals surface area contributed by atoms with Crippen LogP contribution in [0.5, 0.6) is 0 Å². The van der Waals surface area contributed by atoms with E-state index in [-0.39, 0.29) is 18.5 Å². The van der Waals surface area contributed by atoms with Crippen molar-refractivity contribution in [3.63, 3.8) is 0 Å². The molecule has 0 aliphatic rings. The van der Waals surface area contributed by atoms with Gasteiger partial charge in [0.1, 0.15) is 0 Å². The molecule has 6 nitrogen and oxygen atoms in total. The lowest BCUT2D eigenvalue weighted by Gasteiger charge is -2.20. The summed E-state index contributed by atoms with van der Waals surface area (Å²) in [5, 5.41) is 23.1. The molecule has 0 aromatic carbocycles. The van der Waals surface area contributed by atoms with E-state index in [2.05, 4.69) is 19.2 Å². The summed E-state index contributed by atoms with van der Waals surface area (Å²) in [6.45, 7) is 4.93. The summed E-state index contributed by atoms with van der Waals surface area (Å²) in [5.41, 5.74) is 0. The van der Waals surface area contributed by atoms with E-state index < -0.39 is 12.1 Å². The number of aliphatic hydroxyl groups excluding tert-OH is 2. The minimum atomic E-state index is -0.842. The van der Waals surface area contributed by atoms with Crippen LogP contribution in [0.2, 0.25) is 0 Å². The monoisotopic (exact) mass is 1000 g/mol. The molecular formula is C65H127NO5. The number of hydrogen-bond donors (Lipinski definition) is 3. The third-order valence-electron chi connectivity index (χ3n) is 15.3. The largest absolute Gasteiger partial charge is 0.466 e. The fraction of sp³-hybridized carbons (Fsp3) is 0.938. The first-order valence-corrected chi connectivity index (χ1v) is 32.5. The molecule has 0 aromatic rings. The number of carbonyl (C=O) groups excluding carboxylic acids is 2. The molecule has 0 saturated heterocycles. The van der Waals surface area contributed by atoms with Crippen LogP contribution < -0.4 is 5.32 Å². The van der Waals surface area contributed by atoms with Crippen molar-refractivity contribution in [3.05, 3.63) is 12.2 Å². The lowest BCUT2D eigenvalue weighted by molar-refractivity contribution is -0.143. The van der Waals surface area contributed by atoms with Crippen LogP contribution in [-0.4, -0.2) is 47.4 Å². The van der Waals surface area contributed by atoms with Gasteiger partial charge in [0.25, 0.3) is 0 Å². The summed E-state index contributed by atoms with van der Waals surface area (Å²) < 4.78 is 5.51. The Hall–Kier alpha value is -1.40. The first-order valence-electron chi connectivity index (χ1n) is 32.5. The Bertz CT molecular complexity index is 1060. The molecule has 0 spiro atoms. The number of allylic oxidation sites excluding steroid dienone is 1. The van der Waals surface area contributed by atoms with Crippen LogP contribution in [0.1, 0.15) is 367 Å². The summed E-state index contributed by atoms with van der Waals surface area (Å²) in [6.07, 6.45) is 74.1. The summed E-state index contributed by atoms with van der Waals surface area (Å²) in [5.74, 6) is -0.0470. The van der Waals surface area contributed by atoms with E-state index in [0.717, 1.165) is 38.5 Å². The van der Waals surface area contributed by atoms with E-state index in [9.17, 15) is 19.8 Å². The molecule has 0 heterocycles. The highest BCUT2D eigenvalue weighted by Crippen LogP contribution is 2.18. The highest BCUT2D eigenvalue weighted by molar-refractivity contribution is 5.76. The maximum atomic E-state index is 12.4. The first kappa shape index (κ1) is 69.6. The Labute approximate surface area is 444 Å². The van der Waals surface area contributed by atoms with Gasteiger partial charge in [-0.3, -0.25) is 9.59 Å². The number of rotatable bonds is 61. The van der Waals surface area contributed by atoms with E-state index in [0.29, 0.717) is 19.4 Å². The van der Waals surface area contributed by atoms with Crippen molar-refractivity contribution in [2.75, 3.05) is 13.2 Å². The van der Waals surface area contributed by atoms with Crippen LogP contribution in [0.25, 0.3) is 0 Å². The molecule has 0 aliphatic carbocycles. The van der Waals surface area contributed by atoms with Crippen molar-refractivity contribution >= 4 is 11.9 Å². The van der Waals surface area contributed by atoms with Crippen LogP contribution in [0, 0.1) is 0 Å². The van der Waals surface area contributed by atoms with Crippen molar-refractivity contribution in [3.8, 4) is 0 Å². The van der Waals surface area contributed by atoms with Crippen molar-refractivity contribution < 1.29 is 24.5 Å². The molecule has 2 unspecified atom stereocenters. The second-order valence-electron chi connectivity index (χ2n) is 22.5. The molecule has 2 atom stereocenters. The number of esters is 1. The number of nitrogens with one attached hydrogen (secondary N) is 1. The van der Waals surface area contributed by atoms with Gasteiger partial charge in [-0.15, -0.1) is 0 Å². The van der Waals surface area contributed by atoms with Crippen molar-refractivity contribution in [2.24, 2.45) is 0 Å². The standard InChI is InChI=1S/C65H127NO5/c1-3-5-7-9-11-13-15-17-18-19-25-29-32-35-39-43-47-51-55-59-65(70)71-60-56-52-48-44-40-36-33-30-27-24-22-20-21-23-26-28-31-34-38-42-46-50-54-58-64(69)66-62(61-67)63(68)57-53-49-45-41-37-16-14-12-10-8-6-4-2/h53,57,62-63,67-68H,3-52,54-56,58-61H2,1-2H3,(H,66,69)/b57-53+. The summed E-state index contributed by atoms with van der Waals surface area (Å²) in [4.78, 5) is 24.5. The second-order valence-corrected chi connectivity index (χ2v) is 22.5. The highest BCUT2D eigenvalue weighted by Gasteiger charge is 2.18. The van der Waals surface area contributed by atoms with Gasteiger partial charge in [0.05, 0.1) is 25.4 Å². The fourth-order valence-corrected chi connectivity index (χ4v) is 10.3. The van der Waals surface area contributed by atoms with Crippen LogP contribution in [0.3, 0.4) is 0 Å². The zero-order valence-electron chi connectivity index (χ0n) is 48.2. The summed E-state index contributed by atoms with van der Waals surface area (Å²) >= 11 is 0. The van der Waals surface area contributed by atoms with Gasteiger partial charge in [-0.2, -0.15) is 0 Å². The summed E-state index contributed by atoms with van der Waals surface area (Å²) in [6, 6.07) is -0.625. The van der Waals surface area contributed by atoms with Gasteiger partial charge >= 0.3 is 5.97 Å². The Morgan fingerprint density at radius 2 is 0.648 bits per heavy atom. The Morgan fingerprint density at radius 1 is 0.380 bits per heavy atom. The SMILES string of the molecule is CCCCCCCCCCCC/C=C/C(O)C(CO)NC(=O)CCCCCCCCCCCCCCCCCCCCCCCCCOC(=O)CCCCCCCCCCCCCCCCCCCCC. The van der Waals surface area contributed by atoms with Gasteiger partial charge in [-0.25, -0.2) is 0 Å². The molecule has 422 valence electrons. The van der Waals surface area contributed by atoms with E-state index in [4.69, 9.17) is 4.74 Å². The molecular weight excluding hydrogens is 875 g/mol. The molecule has 0 radical (unpaired) electrons. The Balaban J connectivity index is 3.34. The third-order valence-corrected chi connectivity index (χ3v) is 15.3. The van der Waals surface area contributed by atoms with Gasteiger partial charge in [0.2, 0.25) is 5.91 Å². The van der Waals surface area contributed by atoms with E-state index in [1.54, 1.807) is 6.08 Å². The normalized spacial score (nSPS) is 12.6. The molecule has 0 saturated carbocycles. The molecule has 0 fully saturated rings. The van der Waals surface area contributed by atoms with Gasteiger partial charge in [-0.05, 0) is 32.1 Å². The van der Waals surface area contributed by atoms with E-state index >= 15 is 0 Å². The lowest BCUT2D eigenvalue weighted by Crippen LogP contribution is -2.45. The molecule has 0 rings (SSSR count). The quantitative estimate of drug-likeness (QED) is 0.0320. The third kappa shape index (κ3) is 57.7. The van der Waals surface area contributed by atoms with Crippen molar-refractivity contribution in [1.82, 2.24) is 5.32 Å². The Kier molecular flexibility index (Phi) is 59.9. The van der Waals surface area contributed by atoms with Gasteiger partial charge in [0.15, 0.2) is 0 Å². The van der Waals surface area contributed by atoms with Crippen LogP contribution >= 0.6 is 0 Å². The van der Waals surface area contributed by atoms with Gasteiger partial charge < -0.3 is 20.3 Å². The fourth-order valence-electron chi connectivity index (χ4n) is 10.3. The van der Waals surface area contributed by atoms with Crippen molar-refractivity contribution in [2.45, 2.75) is 379 Å². The molecule has 0 aliphatic heterocycles. The lowest BCUT2D eigenvalue weighted by atomic mass is 10.0. The predicted molar refractivity (Wildman–Crippen MR) is 310 cm³/mol. The number of amides is 1. The predicted octanol–water partition coefficient (Wildman–Crippen LogP) is 20.4. The first-order chi connectivity index (χ1) is 35.0. The van der Waals surface area contributed by atoms with E-state index in [1.807, 2.05) is 6.08 Å². The maximum Gasteiger partial charge on any atom is 0.305 e. The number of ether oxygens (including phenoxy) is 1. The second kappa shape index (κ2) is 61.1. The summed E-state index contributed by atoms with van der Waals surface area (Å²) in [7, 11) is 0. The number of unbranched alkanes of at least 4 members (excludes halogenated alkanes) is 50. The molecule has 1 amide bonds. The van der Waals surface area contributed by atoms with E-state index in [1.165, 1.54) is 302 Å². The molecule has 0 aromatic heterocycles. The minimum absolute atomic E-state index is 0.0193. The van der Waals surface area contributed by atoms with Crippen LogP contribution in [0.4, 0.5) is 0 Å². The molecule has 0 bridgehead atoms. The van der Waals surface area contributed by atoms with Crippen LogP contribution in [0.15, 0.2) is 12.2 Å². The molecule has 6 heteroatoms. The average Bonchev–Trinajstić information content (AvgIpc) is 3.37. The highest BCUT2D eigenvalue weighted by atomic mass is 16.5. The number of aliphatic hydroxyl groups is 2. The number of carbonyl (C=O) groups is 2. The van der Waals surface area contributed by atoms with Gasteiger partial charge in [0, 0.05) is 12.8 Å². The zero-order valence-corrected chi connectivity index (χ0v) is 48.2. The maximum absolute atomic E-state index is 12.4. The topological polar surface area (TPSA) is 95.9 Å². The average molecular weight is 1000 g/mol. The zero-order chi connectivity index (χ0) is 51.4. The molecule has 71 heavy (non-hydrogen) atoms. The minimum Gasteiger partial charge on any atom is -0.466 e. The van der Waals surface area contributed by atoms with Crippen molar-refractivity contribution in [1.29, 1.82) is 0 Å². The molecule has 3 N–H and O–H groups in total. The van der Waals surface area contributed by atoms with Gasteiger partial charge in [-0.1, -0.05) is 334 Å².